The first-order chi connectivity index (χ1) is 9.34. The molecule has 2 atom stereocenters. The zero-order valence-electron chi connectivity index (χ0n) is 12.1. The summed E-state index contributed by atoms with van der Waals surface area (Å²) in [6.45, 7) is 7.43. The van der Waals surface area contributed by atoms with Crippen molar-refractivity contribution in [3.8, 4) is 0 Å². The first kappa shape index (κ1) is 14.9. The van der Waals surface area contributed by atoms with E-state index in [1.807, 2.05) is 32.9 Å². The van der Waals surface area contributed by atoms with Crippen LogP contribution >= 0.6 is 11.6 Å². The van der Waals surface area contributed by atoms with E-state index in [4.69, 9.17) is 11.6 Å². The van der Waals surface area contributed by atoms with Crippen molar-refractivity contribution in [1.29, 1.82) is 0 Å². The fourth-order valence-corrected chi connectivity index (χ4v) is 2.91. The molecule has 1 N–H and O–H groups in total. The summed E-state index contributed by atoms with van der Waals surface area (Å²) in [4.78, 5) is 26.4. The quantitative estimate of drug-likeness (QED) is 0.911. The van der Waals surface area contributed by atoms with Crippen molar-refractivity contribution in [2.45, 2.75) is 39.8 Å². The largest absolute Gasteiger partial charge is 0.343 e. The molecule has 0 aliphatic carbocycles. The number of hydrogen-bond donors (Lipinski definition) is 1. The van der Waals surface area contributed by atoms with Gasteiger partial charge >= 0.3 is 0 Å². The van der Waals surface area contributed by atoms with Gasteiger partial charge in [0.15, 0.2) is 0 Å². The Balaban J connectivity index is 2.59. The molecule has 1 aliphatic rings. The molecule has 2 unspecified atom stereocenters. The number of hydrogen-bond acceptors (Lipinski definition) is 2. The smallest absolute Gasteiger partial charge is 0.250 e. The highest BCUT2D eigenvalue weighted by Crippen LogP contribution is 2.34. The van der Waals surface area contributed by atoms with E-state index in [2.05, 4.69) is 5.32 Å². The number of aryl methyl sites for hydroxylation is 1. The Morgan fingerprint density at radius 2 is 1.95 bits per heavy atom. The molecule has 0 saturated carbocycles. The van der Waals surface area contributed by atoms with Gasteiger partial charge in [0.2, 0.25) is 11.8 Å². The van der Waals surface area contributed by atoms with Crippen LogP contribution < -0.4 is 10.2 Å². The number of benzene rings is 1. The Kier molecular flexibility index (Phi) is 4.04. The second-order valence-corrected chi connectivity index (χ2v) is 5.94. The lowest BCUT2D eigenvalue weighted by Gasteiger charge is -2.40. The van der Waals surface area contributed by atoms with Gasteiger partial charge in [0.1, 0.15) is 12.1 Å². The van der Waals surface area contributed by atoms with E-state index in [-0.39, 0.29) is 17.7 Å². The van der Waals surface area contributed by atoms with Gasteiger partial charge in [0.25, 0.3) is 0 Å². The highest BCUT2D eigenvalue weighted by atomic mass is 35.5. The second kappa shape index (κ2) is 5.44. The van der Waals surface area contributed by atoms with Crippen molar-refractivity contribution in [1.82, 2.24) is 5.32 Å². The Morgan fingerprint density at radius 1 is 1.30 bits per heavy atom. The van der Waals surface area contributed by atoms with Gasteiger partial charge in [-0.25, -0.2) is 0 Å². The van der Waals surface area contributed by atoms with Crippen molar-refractivity contribution in [3.05, 3.63) is 28.8 Å². The number of amides is 2. The zero-order chi connectivity index (χ0) is 15.0. The molecule has 2 amide bonds. The van der Waals surface area contributed by atoms with E-state index in [0.29, 0.717) is 10.7 Å². The number of carbonyl (C=O) groups excluding carboxylic acids is 2. The van der Waals surface area contributed by atoms with E-state index in [9.17, 15) is 9.59 Å². The van der Waals surface area contributed by atoms with Gasteiger partial charge in [-0.3, -0.25) is 14.5 Å². The topological polar surface area (TPSA) is 49.4 Å². The fraction of sp³-hybridized carbons (Fsp3) is 0.467. The maximum Gasteiger partial charge on any atom is 0.250 e. The Morgan fingerprint density at radius 3 is 2.50 bits per heavy atom. The van der Waals surface area contributed by atoms with Crippen molar-refractivity contribution >= 4 is 29.1 Å². The van der Waals surface area contributed by atoms with Gasteiger partial charge < -0.3 is 5.32 Å². The first-order valence-corrected chi connectivity index (χ1v) is 7.11. The summed E-state index contributed by atoms with van der Waals surface area (Å²) in [6, 6.07) is 4.41. The minimum atomic E-state index is -0.534. The lowest BCUT2D eigenvalue weighted by Crippen LogP contribution is -2.64. The third-order valence-corrected chi connectivity index (χ3v) is 3.88. The third kappa shape index (κ3) is 2.40. The van der Waals surface area contributed by atoms with Crippen LogP contribution in [0, 0.1) is 12.8 Å². The number of rotatable bonds is 2. The van der Waals surface area contributed by atoms with Gasteiger partial charge in [0.05, 0.1) is 10.7 Å². The number of nitrogens with zero attached hydrogens (tertiary/aromatic N) is 1. The molecular formula is C15H19ClN2O2. The predicted octanol–water partition coefficient (Wildman–Crippen LogP) is 2.52. The second-order valence-electron chi connectivity index (χ2n) is 5.53. The van der Waals surface area contributed by atoms with Crippen molar-refractivity contribution in [3.63, 3.8) is 0 Å². The summed E-state index contributed by atoms with van der Waals surface area (Å²) >= 11 is 6.27. The molecule has 0 aromatic heterocycles. The molecule has 1 aliphatic heterocycles. The molecule has 1 aromatic carbocycles. The monoisotopic (exact) mass is 294 g/mol. The standard InChI is InChI=1S/C15H19ClN2O2/c1-8(2)12-14(19)17-10(4)15(20)18(12)13-9(3)6-5-7-11(13)16/h5-8,10,12H,1-4H3,(H,17,19). The predicted molar refractivity (Wildman–Crippen MR) is 79.9 cm³/mol. The number of piperazine rings is 1. The average molecular weight is 295 g/mol. The van der Waals surface area contributed by atoms with E-state index in [0.717, 1.165) is 5.56 Å². The minimum Gasteiger partial charge on any atom is -0.343 e. The summed E-state index contributed by atoms with van der Waals surface area (Å²) < 4.78 is 0. The van der Waals surface area contributed by atoms with Crippen LogP contribution in [0.5, 0.6) is 0 Å². The van der Waals surface area contributed by atoms with Gasteiger partial charge in [-0.15, -0.1) is 0 Å². The van der Waals surface area contributed by atoms with Crippen molar-refractivity contribution in [2.75, 3.05) is 4.90 Å². The van der Waals surface area contributed by atoms with Crippen LogP contribution in [-0.2, 0) is 9.59 Å². The third-order valence-electron chi connectivity index (χ3n) is 3.57. The SMILES string of the molecule is Cc1cccc(Cl)c1N1C(=O)C(C)NC(=O)C1C(C)C. The number of anilines is 1. The molecule has 5 heteroatoms. The summed E-state index contributed by atoms with van der Waals surface area (Å²) in [5.74, 6) is -0.256. The molecule has 1 heterocycles. The van der Waals surface area contributed by atoms with Crippen LogP contribution in [0.25, 0.3) is 0 Å². The molecule has 4 nitrogen and oxygen atoms in total. The van der Waals surface area contributed by atoms with Gasteiger partial charge in [-0.2, -0.15) is 0 Å². The van der Waals surface area contributed by atoms with Gasteiger partial charge in [-0.1, -0.05) is 37.6 Å². The minimum absolute atomic E-state index is 0.00197. The van der Waals surface area contributed by atoms with Crippen LogP contribution in [0.4, 0.5) is 5.69 Å². The molecular weight excluding hydrogens is 276 g/mol. The van der Waals surface area contributed by atoms with E-state index >= 15 is 0 Å². The summed E-state index contributed by atoms with van der Waals surface area (Å²) in [5.41, 5.74) is 1.53. The van der Waals surface area contributed by atoms with Crippen LogP contribution in [-0.4, -0.2) is 23.9 Å². The van der Waals surface area contributed by atoms with Crippen LogP contribution in [0.1, 0.15) is 26.3 Å². The number of carbonyl (C=O) groups is 2. The molecule has 0 bridgehead atoms. The maximum atomic E-state index is 12.5. The average Bonchev–Trinajstić information content (AvgIpc) is 2.34. The lowest BCUT2D eigenvalue weighted by atomic mass is 9.95. The normalized spacial score (nSPS) is 23.2. The molecule has 2 rings (SSSR count). The van der Waals surface area contributed by atoms with E-state index in [1.165, 1.54) is 0 Å². The molecule has 108 valence electrons. The number of para-hydroxylation sites is 1. The highest BCUT2D eigenvalue weighted by Gasteiger charge is 2.42. The lowest BCUT2D eigenvalue weighted by molar-refractivity contribution is -0.134. The molecule has 1 aromatic rings. The van der Waals surface area contributed by atoms with E-state index in [1.54, 1.807) is 17.9 Å². The Hall–Kier alpha value is -1.55. The first-order valence-electron chi connectivity index (χ1n) is 6.73. The maximum absolute atomic E-state index is 12.5. The summed E-state index contributed by atoms with van der Waals surface area (Å²) in [7, 11) is 0. The molecule has 1 saturated heterocycles. The van der Waals surface area contributed by atoms with Gasteiger partial charge in [0, 0.05) is 0 Å². The number of halogens is 1. The molecule has 1 fully saturated rings. The van der Waals surface area contributed by atoms with Crippen molar-refractivity contribution in [2.24, 2.45) is 5.92 Å². The Labute approximate surface area is 124 Å². The van der Waals surface area contributed by atoms with Gasteiger partial charge in [-0.05, 0) is 31.4 Å². The fourth-order valence-electron chi connectivity index (χ4n) is 2.60. The summed E-state index contributed by atoms with van der Waals surface area (Å²) in [5, 5.41) is 3.22. The summed E-state index contributed by atoms with van der Waals surface area (Å²) in [6.07, 6.45) is 0. The molecule has 20 heavy (non-hydrogen) atoms. The highest BCUT2D eigenvalue weighted by molar-refractivity contribution is 6.34. The van der Waals surface area contributed by atoms with E-state index < -0.39 is 12.1 Å². The van der Waals surface area contributed by atoms with Crippen LogP contribution in [0.3, 0.4) is 0 Å². The van der Waals surface area contributed by atoms with Crippen LogP contribution in [0.2, 0.25) is 5.02 Å². The Bertz CT molecular complexity index is 537. The van der Waals surface area contributed by atoms with Crippen LogP contribution in [0.15, 0.2) is 18.2 Å². The molecule has 0 radical (unpaired) electrons. The van der Waals surface area contributed by atoms with Crippen molar-refractivity contribution < 1.29 is 9.59 Å². The molecule has 0 spiro atoms. The zero-order valence-corrected chi connectivity index (χ0v) is 12.9. The number of nitrogens with one attached hydrogen (secondary N) is 1.